The summed E-state index contributed by atoms with van der Waals surface area (Å²) in [5.74, 6) is -1.15. The lowest BCUT2D eigenvalue weighted by Crippen LogP contribution is -2.21. The van der Waals surface area contributed by atoms with Crippen molar-refractivity contribution in [1.29, 1.82) is 0 Å². The number of rotatable bonds is 5. The molecule has 6 heteroatoms. The summed E-state index contributed by atoms with van der Waals surface area (Å²) in [7, 11) is 0. The number of aliphatic carboxylic acids is 1. The van der Waals surface area contributed by atoms with Gasteiger partial charge in [0.25, 0.3) is 5.91 Å². The van der Waals surface area contributed by atoms with Gasteiger partial charge in [-0.1, -0.05) is 18.2 Å². The summed E-state index contributed by atoms with van der Waals surface area (Å²) in [5.41, 5.74) is 1.68. The SMILES string of the molecule is Cc1ncc(C(=O)NCc2cccc(/C=C/C(=O)O)c2)s1. The zero-order valence-electron chi connectivity index (χ0n) is 11.4. The minimum absolute atomic E-state index is 0.160. The van der Waals surface area contributed by atoms with Gasteiger partial charge in [-0.15, -0.1) is 11.3 Å². The predicted molar refractivity (Wildman–Crippen MR) is 81.1 cm³/mol. The highest BCUT2D eigenvalue weighted by Gasteiger charge is 2.08. The molecule has 0 atom stereocenters. The van der Waals surface area contributed by atoms with Crippen LogP contribution in [-0.4, -0.2) is 22.0 Å². The second-order valence-electron chi connectivity index (χ2n) is 4.34. The van der Waals surface area contributed by atoms with E-state index in [0.717, 1.165) is 22.2 Å². The summed E-state index contributed by atoms with van der Waals surface area (Å²) in [6, 6.07) is 7.32. The molecule has 21 heavy (non-hydrogen) atoms. The van der Waals surface area contributed by atoms with Crippen LogP contribution in [0, 0.1) is 6.92 Å². The topological polar surface area (TPSA) is 79.3 Å². The first-order chi connectivity index (χ1) is 10.0. The molecule has 0 aliphatic heterocycles. The van der Waals surface area contributed by atoms with E-state index in [2.05, 4.69) is 10.3 Å². The summed E-state index contributed by atoms with van der Waals surface area (Å²) in [6.45, 7) is 2.23. The van der Waals surface area contributed by atoms with Gasteiger partial charge in [-0.3, -0.25) is 4.79 Å². The van der Waals surface area contributed by atoms with Crippen molar-refractivity contribution in [3.8, 4) is 0 Å². The lowest BCUT2D eigenvalue weighted by Gasteiger charge is -2.04. The molecule has 2 N–H and O–H groups in total. The number of nitrogens with zero attached hydrogens (tertiary/aromatic N) is 1. The fourth-order valence-electron chi connectivity index (χ4n) is 1.71. The van der Waals surface area contributed by atoms with Gasteiger partial charge >= 0.3 is 5.97 Å². The van der Waals surface area contributed by atoms with Gasteiger partial charge in [0.05, 0.1) is 11.2 Å². The molecule has 0 bridgehead atoms. The predicted octanol–water partition coefficient (Wildman–Crippen LogP) is 2.48. The van der Waals surface area contributed by atoms with Crippen LogP contribution in [0.25, 0.3) is 6.08 Å². The van der Waals surface area contributed by atoms with Crippen molar-refractivity contribution in [2.45, 2.75) is 13.5 Å². The molecule has 1 aromatic carbocycles. The Bertz CT molecular complexity index is 692. The molecule has 5 nitrogen and oxygen atoms in total. The molecule has 1 aromatic heterocycles. The molecule has 108 valence electrons. The van der Waals surface area contributed by atoms with Crippen LogP contribution in [0.5, 0.6) is 0 Å². The minimum atomic E-state index is -0.991. The van der Waals surface area contributed by atoms with Crippen LogP contribution in [0.2, 0.25) is 0 Å². The van der Waals surface area contributed by atoms with E-state index in [4.69, 9.17) is 5.11 Å². The van der Waals surface area contributed by atoms with Gasteiger partial charge < -0.3 is 10.4 Å². The van der Waals surface area contributed by atoms with E-state index >= 15 is 0 Å². The molecule has 1 amide bonds. The highest BCUT2D eigenvalue weighted by Crippen LogP contribution is 2.12. The first-order valence-electron chi connectivity index (χ1n) is 6.25. The molecule has 0 spiro atoms. The van der Waals surface area contributed by atoms with Crippen LogP contribution in [0.1, 0.15) is 25.8 Å². The number of nitrogens with one attached hydrogen (secondary N) is 1. The Labute approximate surface area is 126 Å². The van der Waals surface area contributed by atoms with Crippen molar-refractivity contribution < 1.29 is 14.7 Å². The van der Waals surface area contributed by atoms with Crippen LogP contribution in [0.15, 0.2) is 36.5 Å². The minimum Gasteiger partial charge on any atom is -0.478 e. The summed E-state index contributed by atoms with van der Waals surface area (Å²) in [4.78, 5) is 27.0. The number of carboxylic acids is 1. The van der Waals surface area contributed by atoms with E-state index in [-0.39, 0.29) is 5.91 Å². The highest BCUT2D eigenvalue weighted by molar-refractivity contribution is 7.13. The zero-order chi connectivity index (χ0) is 15.2. The Kier molecular flexibility index (Phi) is 4.84. The molecule has 0 aliphatic rings. The third kappa shape index (κ3) is 4.54. The Morgan fingerprint density at radius 1 is 1.43 bits per heavy atom. The molecular formula is C15H14N2O3S. The Morgan fingerprint density at radius 3 is 2.90 bits per heavy atom. The Hall–Kier alpha value is -2.47. The fourth-order valence-corrected chi connectivity index (χ4v) is 2.40. The molecule has 2 aromatic rings. The van der Waals surface area contributed by atoms with E-state index < -0.39 is 5.97 Å². The molecule has 0 saturated heterocycles. The van der Waals surface area contributed by atoms with E-state index in [1.807, 2.05) is 25.1 Å². The third-order valence-electron chi connectivity index (χ3n) is 2.67. The number of carboxylic acid groups (broad SMARTS) is 1. The molecule has 0 unspecified atom stereocenters. The Morgan fingerprint density at radius 2 is 2.24 bits per heavy atom. The average Bonchev–Trinajstić information content (AvgIpc) is 2.90. The van der Waals surface area contributed by atoms with Crippen LogP contribution in [-0.2, 0) is 11.3 Å². The second-order valence-corrected chi connectivity index (χ2v) is 5.58. The standard InChI is InChI=1S/C15H14N2O3S/c1-10-16-9-13(21-10)15(20)17-8-12-4-2-3-11(7-12)5-6-14(18)19/h2-7,9H,8H2,1H3,(H,17,20)(H,18,19)/b6-5+. The largest absolute Gasteiger partial charge is 0.478 e. The molecule has 0 saturated carbocycles. The monoisotopic (exact) mass is 302 g/mol. The molecule has 0 fully saturated rings. The summed E-state index contributed by atoms with van der Waals surface area (Å²) in [6.07, 6.45) is 4.15. The maximum absolute atomic E-state index is 11.9. The maximum Gasteiger partial charge on any atom is 0.328 e. The first kappa shape index (κ1) is 14.9. The van der Waals surface area contributed by atoms with Gasteiger partial charge in [-0.05, 0) is 30.2 Å². The van der Waals surface area contributed by atoms with Gasteiger partial charge in [-0.2, -0.15) is 0 Å². The normalized spacial score (nSPS) is 10.7. The molecular weight excluding hydrogens is 288 g/mol. The van der Waals surface area contributed by atoms with Crippen LogP contribution >= 0.6 is 11.3 Å². The smallest absolute Gasteiger partial charge is 0.328 e. The van der Waals surface area contributed by atoms with Crippen molar-refractivity contribution in [1.82, 2.24) is 10.3 Å². The summed E-state index contributed by atoms with van der Waals surface area (Å²) >= 11 is 1.35. The summed E-state index contributed by atoms with van der Waals surface area (Å²) < 4.78 is 0. The maximum atomic E-state index is 11.9. The second kappa shape index (κ2) is 6.81. The van der Waals surface area contributed by atoms with E-state index in [1.54, 1.807) is 12.3 Å². The van der Waals surface area contributed by atoms with Crippen molar-refractivity contribution in [2.75, 3.05) is 0 Å². The lowest BCUT2D eigenvalue weighted by molar-refractivity contribution is -0.131. The summed E-state index contributed by atoms with van der Waals surface area (Å²) in [5, 5.41) is 12.3. The third-order valence-corrected chi connectivity index (χ3v) is 3.58. The van der Waals surface area contributed by atoms with E-state index in [0.29, 0.717) is 11.4 Å². The first-order valence-corrected chi connectivity index (χ1v) is 7.07. The number of carbonyl (C=O) groups excluding carboxylic acids is 1. The number of carbonyl (C=O) groups is 2. The van der Waals surface area contributed by atoms with E-state index in [9.17, 15) is 9.59 Å². The highest BCUT2D eigenvalue weighted by atomic mass is 32.1. The van der Waals surface area contributed by atoms with Gasteiger partial charge in [0.2, 0.25) is 0 Å². The molecule has 0 aliphatic carbocycles. The number of hydrogen-bond donors (Lipinski definition) is 2. The molecule has 0 radical (unpaired) electrons. The van der Waals surface area contributed by atoms with Crippen molar-refractivity contribution >= 4 is 29.3 Å². The van der Waals surface area contributed by atoms with Crippen molar-refractivity contribution in [2.24, 2.45) is 0 Å². The van der Waals surface area contributed by atoms with E-state index in [1.165, 1.54) is 17.4 Å². The Balaban J connectivity index is 1.98. The van der Waals surface area contributed by atoms with Crippen LogP contribution < -0.4 is 5.32 Å². The molecule has 1 heterocycles. The fraction of sp³-hybridized carbons (Fsp3) is 0.133. The number of aryl methyl sites for hydroxylation is 1. The average molecular weight is 302 g/mol. The lowest BCUT2D eigenvalue weighted by atomic mass is 10.1. The van der Waals surface area contributed by atoms with Gasteiger partial charge in [-0.25, -0.2) is 9.78 Å². The van der Waals surface area contributed by atoms with Crippen molar-refractivity contribution in [3.05, 3.63) is 57.6 Å². The molecule has 2 rings (SSSR count). The number of benzene rings is 1. The quantitative estimate of drug-likeness (QED) is 0.832. The van der Waals surface area contributed by atoms with Crippen LogP contribution in [0.4, 0.5) is 0 Å². The van der Waals surface area contributed by atoms with Gasteiger partial charge in [0.15, 0.2) is 0 Å². The zero-order valence-corrected chi connectivity index (χ0v) is 12.2. The van der Waals surface area contributed by atoms with Gasteiger partial charge in [0.1, 0.15) is 4.88 Å². The number of hydrogen-bond acceptors (Lipinski definition) is 4. The number of amides is 1. The number of thiazole rings is 1. The van der Waals surface area contributed by atoms with Crippen molar-refractivity contribution in [3.63, 3.8) is 0 Å². The number of aromatic nitrogens is 1. The van der Waals surface area contributed by atoms with Crippen LogP contribution in [0.3, 0.4) is 0 Å². The van der Waals surface area contributed by atoms with Gasteiger partial charge in [0, 0.05) is 12.6 Å².